The quantitative estimate of drug-likeness (QED) is 0.338. The largest absolute Gasteiger partial charge is 0.472 e. The van der Waals surface area contributed by atoms with Crippen LogP contribution in [0.4, 0.5) is 10.5 Å². The third-order valence-electron chi connectivity index (χ3n) is 8.48. The van der Waals surface area contributed by atoms with Crippen LogP contribution >= 0.6 is 15.9 Å². The van der Waals surface area contributed by atoms with Crippen molar-refractivity contribution in [3.8, 4) is 0 Å². The maximum atomic E-state index is 14.8. The molecule has 3 heterocycles. The number of halogens is 1. The molecule has 1 atom stereocenters. The van der Waals surface area contributed by atoms with Gasteiger partial charge < -0.3 is 14.1 Å². The number of rotatable bonds is 6. The molecular formula is C31H33BrN3O6S+. The summed E-state index contributed by atoms with van der Waals surface area (Å²) in [6.07, 6.45) is 8.28. The van der Waals surface area contributed by atoms with E-state index in [2.05, 4.69) is 20.7 Å². The molecule has 1 saturated heterocycles. The number of morpholine rings is 1. The second kappa shape index (κ2) is 11.8. The third-order valence-corrected chi connectivity index (χ3v) is 10.3. The van der Waals surface area contributed by atoms with E-state index in [9.17, 15) is 18.0 Å². The minimum Gasteiger partial charge on any atom is -0.472 e. The van der Waals surface area contributed by atoms with Crippen molar-refractivity contribution in [2.45, 2.75) is 37.0 Å². The Morgan fingerprint density at radius 3 is 2.38 bits per heavy atom. The summed E-state index contributed by atoms with van der Waals surface area (Å²) in [5.74, 6) is -0.102. The number of urea groups is 1. The van der Waals surface area contributed by atoms with Crippen LogP contribution in [-0.2, 0) is 19.6 Å². The predicted molar refractivity (Wildman–Crippen MR) is 162 cm³/mol. The van der Waals surface area contributed by atoms with Crippen LogP contribution in [0.2, 0.25) is 0 Å². The normalized spacial score (nSPS) is 21.3. The Balaban J connectivity index is 1.55. The van der Waals surface area contributed by atoms with Crippen LogP contribution in [-0.4, -0.2) is 58.1 Å². The first-order chi connectivity index (χ1) is 20.3. The van der Waals surface area contributed by atoms with E-state index in [4.69, 9.17) is 9.15 Å². The number of ether oxygens (including phenoxy) is 1. The number of furan rings is 1. The Labute approximate surface area is 253 Å². The Bertz CT molecular complexity index is 1610. The number of sulfonamides is 1. The van der Waals surface area contributed by atoms with Gasteiger partial charge in [-0.05, 0) is 55.2 Å². The summed E-state index contributed by atoms with van der Waals surface area (Å²) >= 11 is 3.33. The smallest absolute Gasteiger partial charge is 0.441 e. The molecule has 0 spiro atoms. The summed E-state index contributed by atoms with van der Waals surface area (Å²) in [5, 5.41) is 0. The van der Waals surface area contributed by atoms with Crippen molar-refractivity contribution in [1.82, 2.24) is 14.1 Å². The van der Waals surface area contributed by atoms with Gasteiger partial charge in [0.25, 0.3) is 15.9 Å². The molecule has 0 bridgehead atoms. The van der Waals surface area contributed by atoms with E-state index in [-0.39, 0.29) is 23.3 Å². The summed E-state index contributed by atoms with van der Waals surface area (Å²) in [6, 6.07) is 14.6. The number of carbonyl (C=O) groups is 2. The number of benzene rings is 2. The molecule has 2 aliphatic heterocycles. The molecule has 0 radical (unpaired) electrons. The highest BCUT2D eigenvalue weighted by molar-refractivity contribution is 9.10. The molecule has 1 N–H and O–H groups in total. The van der Waals surface area contributed by atoms with Crippen molar-refractivity contribution in [1.29, 1.82) is 0 Å². The zero-order valence-corrected chi connectivity index (χ0v) is 25.5. The van der Waals surface area contributed by atoms with Crippen LogP contribution in [0.3, 0.4) is 0 Å². The molecule has 220 valence electrons. The van der Waals surface area contributed by atoms with E-state index in [0.29, 0.717) is 47.7 Å². The number of carbonyl (C=O) groups excluding carboxylic acids is 2. The van der Waals surface area contributed by atoms with Gasteiger partial charge in [0, 0.05) is 34.8 Å². The fraction of sp³-hybridized carbons (Fsp3) is 0.355. The topological polar surface area (TPSA) is 106 Å². The summed E-state index contributed by atoms with van der Waals surface area (Å²) in [7, 11) is -4.28. The van der Waals surface area contributed by atoms with Crippen molar-refractivity contribution in [3.63, 3.8) is 0 Å². The van der Waals surface area contributed by atoms with Crippen molar-refractivity contribution in [2.24, 2.45) is 5.92 Å². The van der Waals surface area contributed by atoms with E-state index in [1.807, 2.05) is 24.3 Å². The number of fused-ring (bicyclic) bond motifs is 1. The minimum absolute atomic E-state index is 0.0504. The molecule has 3 amide bonds. The first kappa shape index (κ1) is 28.9. The molecule has 3 aliphatic rings. The number of amides is 3. The van der Waals surface area contributed by atoms with Crippen LogP contribution in [0.5, 0.6) is 0 Å². The third kappa shape index (κ3) is 5.23. The number of allylic oxidation sites excluding steroid dienone is 1. The molecule has 11 heteroatoms. The van der Waals surface area contributed by atoms with E-state index in [1.165, 1.54) is 12.1 Å². The van der Waals surface area contributed by atoms with Crippen LogP contribution in [0, 0.1) is 5.92 Å². The zero-order valence-electron chi connectivity index (χ0n) is 23.1. The number of para-hydroxylation sites is 1. The molecule has 6 rings (SSSR count). The SMILES string of the molecule is O=C(C[N+]1(C(=O)NS(=O)(=O)c2ccc(Br)cc2)C(c2ccoc2)=C(C2CCCCC2)c2ccccc21)N1CCOCC1. The fourth-order valence-electron chi connectivity index (χ4n) is 6.50. The van der Waals surface area contributed by atoms with Gasteiger partial charge in [-0.15, -0.1) is 0 Å². The van der Waals surface area contributed by atoms with Gasteiger partial charge in [-0.25, -0.2) is 13.2 Å². The van der Waals surface area contributed by atoms with Crippen molar-refractivity contribution in [2.75, 3.05) is 32.8 Å². The maximum Gasteiger partial charge on any atom is 0.441 e. The van der Waals surface area contributed by atoms with Crippen LogP contribution in [0.15, 0.2) is 80.9 Å². The number of quaternary nitrogens is 1. The lowest BCUT2D eigenvalue weighted by molar-refractivity contribution is -0.135. The standard InChI is InChI=1S/C31H32BrN3O6S/c32-24-10-12-25(13-11-24)42(38,39)33-31(37)35(20-28(36)34-15-18-40-19-16-34)27-9-5-4-8-26(27)29(22-6-2-1-3-7-22)30(35)23-14-17-41-21-23/h4-5,8-14,17,21-22H,1-3,6-7,15-16,18-20H2/p+1. The average molecular weight is 656 g/mol. The molecule has 2 fully saturated rings. The second-order valence-corrected chi connectivity index (χ2v) is 13.6. The molecule has 1 saturated carbocycles. The lowest BCUT2D eigenvalue weighted by Gasteiger charge is -2.35. The predicted octanol–water partition coefficient (Wildman–Crippen LogP) is 5.77. The van der Waals surface area contributed by atoms with Crippen molar-refractivity contribution in [3.05, 3.63) is 82.7 Å². The molecule has 3 aromatic rings. The van der Waals surface area contributed by atoms with Crippen LogP contribution in [0.1, 0.15) is 43.2 Å². The van der Waals surface area contributed by atoms with Crippen molar-refractivity contribution >= 4 is 54.8 Å². The lowest BCUT2D eigenvalue weighted by Crippen LogP contribution is -2.61. The highest BCUT2D eigenvalue weighted by atomic mass is 79.9. The summed E-state index contributed by atoms with van der Waals surface area (Å²) < 4.78 is 40.7. The van der Waals surface area contributed by atoms with E-state index in [1.54, 1.807) is 35.6 Å². The number of nitrogens with zero attached hydrogens (tertiary/aromatic N) is 2. The first-order valence-electron chi connectivity index (χ1n) is 14.2. The Morgan fingerprint density at radius 1 is 0.976 bits per heavy atom. The van der Waals surface area contributed by atoms with E-state index >= 15 is 0 Å². The summed E-state index contributed by atoms with van der Waals surface area (Å²) in [5.41, 5.74) is 3.68. The van der Waals surface area contributed by atoms with Gasteiger partial charge in [-0.2, -0.15) is 9.21 Å². The molecule has 42 heavy (non-hydrogen) atoms. The van der Waals surface area contributed by atoms with Crippen LogP contribution in [0.25, 0.3) is 11.3 Å². The van der Waals surface area contributed by atoms with Crippen molar-refractivity contribution < 1.29 is 27.2 Å². The van der Waals surface area contributed by atoms with Gasteiger partial charge in [0.1, 0.15) is 6.26 Å². The van der Waals surface area contributed by atoms with Gasteiger partial charge >= 0.3 is 6.03 Å². The molecule has 1 unspecified atom stereocenters. The first-order valence-corrected chi connectivity index (χ1v) is 16.5. The molecule has 2 aromatic carbocycles. The van der Waals surface area contributed by atoms with E-state index in [0.717, 1.165) is 43.2 Å². The zero-order chi connectivity index (χ0) is 29.3. The highest BCUT2D eigenvalue weighted by Gasteiger charge is 2.56. The Kier molecular flexibility index (Phi) is 8.10. The molecule has 9 nitrogen and oxygen atoms in total. The number of hydrogen-bond acceptors (Lipinski definition) is 6. The molecular weight excluding hydrogens is 622 g/mol. The lowest BCUT2D eigenvalue weighted by atomic mass is 9.80. The molecule has 1 aliphatic carbocycles. The van der Waals surface area contributed by atoms with E-state index < -0.39 is 20.5 Å². The Hall–Kier alpha value is -3.25. The van der Waals surface area contributed by atoms with Crippen LogP contribution < -0.4 is 9.21 Å². The molecule has 1 aromatic heterocycles. The average Bonchev–Trinajstić information content (AvgIpc) is 3.63. The van der Waals surface area contributed by atoms with Gasteiger partial charge in [0.2, 0.25) is 0 Å². The second-order valence-electron chi connectivity index (χ2n) is 11.0. The van der Waals surface area contributed by atoms with Gasteiger partial charge in [-0.3, -0.25) is 4.79 Å². The number of nitrogens with one attached hydrogen (secondary N) is 1. The highest BCUT2D eigenvalue weighted by Crippen LogP contribution is 2.54. The number of hydrogen-bond donors (Lipinski definition) is 1. The fourth-order valence-corrected chi connectivity index (χ4v) is 7.76. The summed E-state index contributed by atoms with van der Waals surface area (Å²) in [4.78, 5) is 30.4. The van der Waals surface area contributed by atoms with Gasteiger partial charge in [0.15, 0.2) is 17.9 Å². The maximum absolute atomic E-state index is 14.8. The van der Waals surface area contributed by atoms with Gasteiger partial charge in [-0.1, -0.05) is 47.3 Å². The minimum atomic E-state index is -4.28. The van der Waals surface area contributed by atoms with Gasteiger partial charge in [0.05, 0.1) is 29.9 Å². The monoisotopic (exact) mass is 654 g/mol. The Morgan fingerprint density at radius 2 is 1.69 bits per heavy atom. The summed E-state index contributed by atoms with van der Waals surface area (Å²) in [6.45, 7) is 1.34.